The predicted octanol–water partition coefficient (Wildman–Crippen LogP) is 1.91. The Morgan fingerprint density at radius 2 is 2.08 bits per heavy atom. The first-order valence-electron chi connectivity index (χ1n) is 8.88. The van der Waals surface area contributed by atoms with Gasteiger partial charge < -0.3 is 20.4 Å². The van der Waals surface area contributed by atoms with Gasteiger partial charge in [0.15, 0.2) is 0 Å². The number of anilines is 1. The van der Waals surface area contributed by atoms with Gasteiger partial charge in [-0.1, -0.05) is 15.9 Å². The number of rotatable bonds is 4. The zero-order chi connectivity index (χ0) is 18.7. The van der Waals surface area contributed by atoms with E-state index < -0.39 is 4.92 Å². The highest BCUT2D eigenvalue weighted by atomic mass is 79.9. The molecule has 0 bridgehead atoms. The maximum atomic E-state index is 13.1. The van der Waals surface area contributed by atoms with Crippen LogP contribution in [0.25, 0.3) is 0 Å². The lowest BCUT2D eigenvalue weighted by Crippen LogP contribution is -2.47. The molecule has 9 heteroatoms. The lowest BCUT2D eigenvalue weighted by Gasteiger charge is -2.33. The average Bonchev–Trinajstić information content (AvgIpc) is 2.63. The van der Waals surface area contributed by atoms with Crippen LogP contribution < -0.4 is 10.6 Å². The lowest BCUT2D eigenvalue weighted by atomic mass is 10.0. The van der Waals surface area contributed by atoms with Gasteiger partial charge in [0.1, 0.15) is 5.69 Å². The van der Waals surface area contributed by atoms with Crippen molar-refractivity contribution in [2.75, 3.05) is 51.6 Å². The molecule has 3 rings (SSSR count). The van der Waals surface area contributed by atoms with Gasteiger partial charge in [-0.2, -0.15) is 0 Å². The number of nitro benzene ring substituents is 1. The van der Waals surface area contributed by atoms with E-state index in [1.54, 1.807) is 11.0 Å². The zero-order valence-corrected chi connectivity index (χ0v) is 16.4. The summed E-state index contributed by atoms with van der Waals surface area (Å²) >= 11 is 3.32. The molecular weight excluding hydrogens is 402 g/mol. The molecule has 8 nitrogen and oxygen atoms in total. The number of piperazine rings is 1. The van der Waals surface area contributed by atoms with Crippen molar-refractivity contribution in [3.8, 4) is 0 Å². The quantitative estimate of drug-likeness (QED) is 0.565. The minimum Gasteiger partial charge on any atom is -0.375 e. The van der Waals surface area contributed by atoms with Crippen LogP contribution in [0.1, 0.15) is 23.2 Å². The number of halogens is 1. The van der Waals surface area contributed by atoms with Crippen molar-refractivity contribution in [1.82, 2.24) is 15.1 Å². The van der Waals surface area contributed by atoms with Crippen LogP contribution >= 0.6 is 15.9 Å². The Morgan fingerprint density at radius 1 is 1.35 bits per heavy atom. The number of carbonyl (C=O) groups is 1. The van der Waals surface area contributed by atoms with Crippen LogP contribution in [0.3, 0.4) is 0 Å². The zero-order valence-electron chi connectivity index (χ0n) is 14.8. The van der Waals surface area contributed by atoms with Gasteiger partial charge in [-0.05, 0) is 32.5 Å². The molecule has 0 unspecified atom stereocenters. The van der Waals surface area contributed by atoms with Crippen molar-refractivity contribution in [3.63, 3.8) is 0 Å². The van der Waals surface area contributed by atoms with Gasteiger partial charge in [-0.3, -0.25) is 14.9 Å². The van der Waals surface area contributed by atoms with Crippen molar-refractivity contribution >= 4 is 33.2 Å². The number of likely N-dealkylation sites (N-methyl/N-ethyl adjacent to an activating group) is 1. The fraction of sp³-hybridized carbons (Fsp3) is 0.588. The topological polar surface area (TPSA) is 90.8 Å². The van der Waals surface area contributed by atoms with Gasteiger partial charge in [0.25, 0.3) is 11.6 Å². The molecule has 2 saturated heterocycles. The monoisotopic (exact) mass is 425 g/mol. The number of hydrogen-bond acceptors (Lipinski definition) is 6. The largest absolute Gasteiger partial charge is 0.375 e. The lowest BCUT2D eigenvalue weighted by molar-refractivity contribution is -0.384. The Hall–Kier alpha value is -1.71. The first kappa shape index (κ1) is 19.1. The molecule has 0 aromatic heterocycles. The van der Waals surface area contributed by atoms with Gasteiger partial charge in [0, 0.05) is 49.3 Å². The molecule has 0 spiro atoms. The Labute approximate surface area is 161 Å². The number of nitrogens with one attached hydrogen (secondary N) is 2. The van der Waals surface area contributed by atoms with E-state index in [1.807, 2.05) is 7.05 Å². The van der Waals surface area contributed by atoms with Crippen molar-refractivity contribution in [2.45, 2.75) is 18.9 Å². The second kappa shape index (κ2) is 8.32. The van der Waals surface area contributed by atoms with Crippen LogP contribution in [0, 0.1) is 10.1 Å². The summed E-state index contributed by atoms with van der Waals surface area (Å²) in [5.74, 6) is -0.159. The van der Waals surface area contributed by atoms with Crippen LogP contribution in [0.2, 0.25) is 0 Å². The summed E-state index contributed by atoms with van der Waals surface area (Å²) in [4.78, 5) is 28.2. The summed E-state index contributed by atoms with van der Waals surface area (Å²) in [6, 6.07) is 3.22. The maximum Gasteiger partial charge on any atom is 0.294 e. The summed E-state index contributed by atoms with van der Waals surface area (Å²) in [7, 11) is 2.02. The number of benzene rings is 1. The number of nitro groups is 1. The summed E-state index contributed by atoms with van der Waals surface area (Å²) in [5, 5.41) is 18.2. The van der Waals surface area contributed by atoms with E-state index >= 15 is 0 Å². The molecule has 0 saturated carbocycles. The van der Waals surface area contributed by atoms with Crippen molar-refractivity contribution < 1.29 is 9.72 Å². The number of nitrogens with zero attached hydrogens (tertiary/aromatic N) is 3. The average molecular weight is 426 g/mol. The van der Waals surface area contributed by atoms with Crippen LogP contribution in [-0.2, 0) is 0 Å². The molecule has 2 heterocycles. The summed E-state index contributed by atoms with van der Waals surface area (Å²) in [6.07, 6.45) is 1.92. The second-order valence-corrected chi connectivity index (χ2v) is 7.80. The molecule has 0 aliphatic carbocycles. The minimum absolute atomic E-state index is 0.0672. The molecule has 0 radical (unpaired) electrons. The molecule has 1 atom stereocenters. The second-order valence-electron chi connectivity index (χ2n) is 6.89. The number of hydrogen-bond donors (Lipinski definition) is 2. The molecule has 2 aliphatic heterocycles. The number of amides is 1. The summed E-state index contributed by atoms with van der Waals surface area (Å²) in [6.45, 7) is 4.54. The minimum atomic E-state index is -0.426. The molecule has 1 amide bonds. The van der Waals surface area contributed by atoms with Gasteiger partial charge in [0.05, 0.1) is 10.5 Å². The van der Waals surface area contributed by atoms with E-state index in [-0.39, 0.29) is 17.6 Å². The van der Waals surface area contributed by atoms with Crippen LogP contribution in [-0.4, -0.2) is 73.0 Å². The third kappa shape index (κ3) is 4.33. The van der Waals surface area contributed by atoms with E-state index in [9.17, 15) is 14.9 Å². The Morgan fingerprint density at radius 3 is 2.69 bits per heavy atom. The number of carbonyl (C=O) groups excluding carboxylic acids is 1. The summed E-state index contributed by atoms with van der Waals surface area (Å²) < 4.78 is 0.536. The first-order chi connectivity index (χ1) is 12.5. The maximum absolute atomic E-state index is 13.1. The van der Waals surface area contributed by atoms with Crippen molar-refractivity contribution in [3.05, 3.63) is 32.3 Å². The molecular formula is C17H24BrN5O3. The molecule has 2 fully saturated rings. The summed E-state index contributed by atoms with van der Waals surface area (Å²) in [5.41, 5.74) is 0.624. The third-order valence-corrected chi connectivity index (χ3v) is 5.40. The molecule has 1 aromatic rings. The smallest absolute Gasteiger partial charge is 0.294 e. The first-order valence-corrected chi connectivity index (χ1v) is 9.68. The van der Waals surface area contributed by atoms with E-state index in [4.69, 9.17) is 0 Å². The highest BCUT2D eigenvalue weighted by molar-refractivity contribution is 9.10. The molecule has 142 valence electrons. The van der Waals surface area contributed by atoms with E-state index in [1.165, 1.54) is 6.07 Å². The Balaban J connectivity index is 1.93. The van der Waals surface area contributed by atoms with E-state index in [0.29, 0.717) is 28.8 Å². The molecule has 2 N–H and O–H groups in total. The third-order valence-electron chi connectivity index (χ3n) is 4.95. The normalized spacial score (nSPS) is 21.5. The van der Waals surface area contributed by atoms with Crippen molar-refractivity contribution in [1.29, 1.82) is 0 Å². The SMILES string of the molecule is CN1CCN(C(=O)c2cc(Br)cc([N+](=O)[O-])c2N[C@@H]2CCCNC2)CC1. The Kier molecular flexibility index (Phi) is 6.10. The van der Waals surface area contributed by atoms with Gasteiger partial charge in [-0.25, -0.2) is 0 Å². The van der Waals surface area contributed by atoms with Gasteiger partial charge >= 0.3 is 0 Å². The fourth-order valence-corrected chi connectivity index (χ4v) is 3.86. The van der Waals surface area contributed by atoms with E-state index in [2.05, 4.69) is 31.5 Å². The molecule has 26 heavy (non-hydrogen) atoms. The van der Waals surface area contributed by atoms with E-state index in [0.717, 1.165) is 39.0 Å². The highest BCUT2D eigenvalue weighted by Crippen LogP contribution is 2.34. The van der Waals surface area contributed by atoms with Gasteiger partial charge in [0.2, 0.25) is 0 Å². The fourth-order valence-electron chi connectivity index (χ4n) is 3.42. The standard InChI is InChI=1S/C17H24BrN5O3/c1-21-5-7-22(8-6-21)17(24)14-9-12(18)10-15(23(25)26)16(14)20-13-3-2-4-19-11-13/h9-10,13,19-20H,2-8,11H2,1H3/t13-/m1/s1. The van der Waals surface area contributed by atoms with Crippen LogP contribution in [0.5, 0.6) is 0 Å². The number of piperidine rings is 1. The van der Waals surface area contributed by atoms with Gasteiger partial charge in [-0.15, -0.1) is 0 Å². The predicted molar refractivity (Wildman–Crippen MR) is 104 cm³/mol. The van der Waals surface area contributed by atoms with Crippen LogP contribution in [0.15, 0.2) is 16.6 Å². The van der Waals surface area contributed by atoms with Crippen LogP contribution in [0.4, 0.5) is 11.4 Å². The molecule has 1 aromatic carbocycles. The Bertz CT molecular complexity index is 685. The molecule has 2 aliphatic rings. The van der Waals surface area contributed by atoms with Crippen molar-refractivity contribution in [2.24, 2.45) is 0 Å². The highest BCUT2D eigenvalue weighted by Gasteiger charge is 2.29.